The van der Waals surface area contributed by atoms with Gasteiger partial charge in [-0.05, 0) is 48.7 Å². The molecule has 0 aliphatic carbocycles. The number of benzene rings is 2. The minimum Gasteiger partial charge on any atom is -0.374 e. The molecule has 1 fully saturated rings. The first-order valence-corrected chi connectivity index (χ1v) is 13.9. The van der Waals surface area contributed by atoms with Crippen LogP contribution in [0.25, 0.3) is 10.9 Å². The van der Waals surface area contributed by atoms with Crippen LogP contribution >= 0.6 is 23.2 Å². The number of amides is 1. The van der Waals surface area contributed by atoms with Crippen molar-refractivity contribution in [2.75, 3.05) is 51.1 Å². The van der Waals surface area contributed by atoms with Gasteiger partial charge in [0, 0.05) is 42.8 Å². The number of nitrogens with one attached hydrogen (secondary N) is 2. The van der Waals surface area contributed by atoms with Crippen molar-refractivity contribution in [3.05, 3.63) is 67.4 Å². The summed E-state index contributed by atoms with van der Waals surface area (Å²) in [4.78, 5) is 37.8. The third-order valence-corrected chi connectivity index (χ3v) is 8.05. The molecule has 2 aliphatic heterocycles. The largest absolute Gasteiger partial charge is 0.401 e. The molecule has 220 valence electrons. The molecule has 1 aromatic heterocycles. The Labute approximate surface area is 243 Å². The quantitative estimate of drug-likeness (QED) is 0.395. The van der Waals surface area contributed by atoms with Crippen LogP contribution in [0, 0.1) is 5.82 Å². The van der Waals surface area contributed by atoms with Gasteiger partial charge in [0.25, 0.3) is 5.56 Å². The number of anilines is 1. The molecule has 1 saturated heterocycles. The molecule has 0 spiro atoms. The normalized spacial score (nSPS) is 18.5. The van der Waals surface area contributed by atoms with Crippen LogP contribution in [0.4, 0.5) is 23.2 Å². The Kier molecular flexibility index (Phi) is 8.47. The van der Waals surface area contributed by atoms with E-state index in [-0.39, 0.29) is 54.7 Å². The van der Waals surface area contributed by atoms with E-state index >= 15 is 0 Å². The van der Waals surface area contributed by atoms with Crippen LogP contribution in [0.5, 0.6) is 0 Å². The Morgan fingerprint density at radius 1 is 1.10 bits per heavy atom. The van der Waals surface area contributed by atoms with Gasteiger partial charge in [0.1, 0.15) is 11.6 Å². The molecule has 14 heteroatoms. The van der Waals surface area contributed by atoms with E-state index < -0.39 is 24.1 Å². The number of aromatic nitrogens is 2. The van der Waals surface area contributed by atoms with E-state index in [9.17, 15) is 27.2 Å². The number of carbonyl (C=O) groups excluding carboxylic acids is 1. The SMILES string of the molecule is CC1c2c(Cl)cc(Cl)cc2CCN1C(=O)CNc1cc2nc(CN3CCN(CC(F)(F)F)CC3)[nH]c(=O)c2cc1F. The molecule has 3 heterocycles. The lowest BCUT2D eigenvalue weighted by atomic mass is 9.93. The minimum atomic E-state index is -4.25. The van der Waals surface area contributed by atoms with Crippen molar-refractivity contribution in [1.29, 1.82) is 0 Å². The summed E-state index contributed by atoms with van der Waals surface area (Å²) < 4.78 is 52.9. The highest BCUT2D eigenvalue weighted by molar-refractivity contribution is 6.35. The highest BCUT2D eigenvalue weighted by Crippen LogP contribution is 2.37. The van der Waals surface area contributed by atoms with Gasteiger partial charge >= 0.3 is 6.18 Å². The number of piperazine rings is 1. The third-order valence-electron chi connectivity index (χ3n) is 7.52. The maximum Gasteiger partial charge on any atom is 0.401 e. The molecule has 8 nitrogen and oxygen atoms in total. The first kappa shape index (κ1) is 29.6. The number of aromatic amines is 1. The number of alkyl halides is 3. The van der Waals surface area contributed by atoms with E-state index in [4.69, 9.17) is 23.2 Å². The Hall–Kier alpha value is -2.93. The Bertz CT molecular complexity index is 1520. The summed E-state index contributed by atoms with van der Waals surface area (Å²) in [6.45, 7) is 2.66. The lowest BCUT2D eigenvalue weighted by Gasteiger charge is -2.36. The van der Waals surface area contributed by atoms with Gasteiger partial charge in [0.05, 0.1) is 42.3 Å². The molecule has 1 atom stereocenters. The van der Waals surface area contributed by atoms with Crippen molar-refractivity contribution < 1.29 is 22.4 Å². The second-order valence-corrected chi connectivity index (χ2v) is 11.2. The summed E-state index contributed by atoms with van der Waals surface area (Å²) in [6.07, 6.45) is -3.66. The molecule has 2 aromatic carbocycles. The number of rotatable bonds is 6. The number of fused-ring (bicyclic) bond motifs is 2. The van der Waals surface area contributed by atoms with E-state index in [1.807, 2.05) is 17.9 Å². The number of hydrogen-bond donors (Lipinski definition) is 2. The maximum absolute atomic E-state index is 14.9. The van der Waals surface area contributed by atoms with Crippen LogP contribution in [0.2, 0.25) is 10.0 Å². The van der Waals surface area contributed by atoms with Crippen LogP contribution in [0.3, 0.4) is 0 Å². The summed E-state index contributed by atoms with van der Waals surface area (Å²) >= 11 is 12.5. The number of halogens is 6. The van der Waals surface area contributed by atoms with Gasteiger partial charge in [-0.1, -0.05) is 23.2 Å². The van der Waals surface area contributed by atoms with Crippen LogP contribution < -0.4 is 10.9 Å². The monoisotopic (exact) mass is 614 g/mol. The maximum atomic E-state index is 14.9. The lowest BCUT2D eigenvalue weighted by Crippen LogP contribution is -2.48. The Morgan fingerprint density at radius 2 is 1.80 bits per heavy atom. The molecule has 0 bridgehead atoms. The topological polar surface area (TPSA) is 84.6 Å². The summed E-state index contributed by atoms with van der Waals surface area (Å²) in [5.41, 5.74) is 1.55. The number of hydrogen-bond acceptors (Lipinski definition) is 6. The molecule has 5 rings (SSSR count). The summed E-state index contributed by atoms with van der Waals surface area (Å²) in [5.74, 6) is -0.642. The van der Waals surface area contributed by atoms with Gasteiger partial charge < -0.3 is 15.2 Å². The Balaban J connectivity index is 1.26. The predicted octanol–water partition coefficient (Wildman–Crippen LogP) is 4.61. The molecule has 0 radical (unpaired) electrons. The first-order valence-electron chi connectivity index (χ1n) is 13.1. The molecule has 41 heavy (non-hydrogen) atoms. The molecule has 0 saturated carbocycles. The van der Waals surface area contributed by atoms with Gasteiger partial charge in [-0.25, -0.2) is 9.37 Å². The smallest absolute Gasteiger partial charge is 0.374 e. The number of H-pyrrole nitrogens is 1. The average Bonchev–Trinajstić information content (AvgIpc) is 2.88. The summed E-state index contributed by atoms with van der Waals surface area (Å²) in [7, 11) is 0. The van der Waals surface area contributed by atoms with Crippen molar-refractivity contribution in [3.8, 4) is 0 Å². The second kappa shape index (κ2) is 11.7. The van der Waals surface area contributed by atoms with Crippen LogP contribution in [0.1, 0.15) is 29.9 Å². The third kappa shape index (κ3) is 6.77. The van der Waals surface area contributed by atoms with Crippen molar-refractivity contribution in [1.82, 2.24) is 24.7 Å². The second-order valence-electron chi connectivity index (χ2n) is 10.4. The fraction of sp³-hybridized carbons (Fsp3) is 0.444. The molecular formula is C27H28Cl2F4N6O2. The van der Waals surface area contributed by atoms with Crippen molar-refractivity contribution in [3.63, 3.8) is 0 Å². The standard InChI is InChI=1S/C27H28Cl2F4N6O2/c1-15-25-16(8-17(28)9-19(25)29)2-3-39(15)24(40)12-34-22-11-21-18(10-20(22)30)26(41)36-23(35-21)13-37-4-6-38(7-5-37)14-27(31,32)33/h8-11,15,34H,2-7,12-14H2,1H3,(H,35,36,41). The van der Waals surface area contributed by atoms with Crippen molar-refractivity contribution >= 4 is 45.7 Å². The van der Waals surface area contributed by atoms with E-state index in [0.717, 1.165) is 17.2 Å². The summed E-state index contributed by atoms with van der Waals surface area (Å²) in [6, 6.07) is 5.65. The minimum absolute atomic E-state index is 0.0190. The fourth-order valence-electron chi connectivity index (χ4n) is 5.51. The van der Waals surface area contributed by atoms with E-state index in [1.165, 1.54) is 11.0 Å². The van der Waals surface area contributed by atoms with Gasteiger partial charge in [-0.15, -0.1) is 0 Å². The Morgan fingerprint density at radius 3 is 2.51 bits per heavy atom. The average molecular weight is 615 g/mol. The molecule has 3 aromatic rings. The van der Waals surface area contributed by atoms with Gasteiger partial charge in [0.2, 0.25) is 5.91 Å². The zero-order chi connectivity index (χ0) is 29.5. The number of nitrogens with zero attached hydrogens (tertiary/aromatic N) is 4. The molecule has 2 aliphatic rings. The molecule has 1 unspecified atom stereocenters. The number of carbonyl (C=O) groups is 1. The molecule has 2 N–H and O–H groups in total. The highest BCUT2D eigenvalue weighted by Gasteiger charge is 2.32. The van der Waals surface area contributed by atoms with Crippen molar-refractivity contribution in [2.45, 2.75) is 32.1 Å². The predicted molar refractivity (Wildman–Crippen MR) is 149 cm³/mol. The molecular weight excluding hydrogens is 587 g/mol. The van der Waals surface area contributed by atoms with Gasteiger partial charge in [0.15, 0.2) is 0 Å². The lowest BCUT2D eigenvalue weighted by molar-refractivity contribution is -0.149. The van der Waals surface area contributed by atoms with Crippen LogP contribution in [-0.2, 0) is 17.8 Å². The molecule has 1 amide bonds. The van der Waals surface area contributed by atoms with E-state index in [0.29, 0.717) is 41.9 Å². The highest BCUT2D eigenvalue weighted by atomic mass is 35.5. The fourth-order valence-corrected chi connectivity index (χ4v) is 6.20. The van der Waals surface area contributed by atoms with Crippen molar-refractivity contribution in [2.24, 2.45) is 0 Å². The van der Waals surface area contributed by atoms with E-state index in [2.05, 4.69) is 15.3 Å². The zero-order valence-corrected chi connectivity index (χ0v) is 23.6. The van der Waals surface area contributed by atoms with Crippen LogP contribution in [-0.4, -0.2) is 82.6 Å². The van der Waals surface area contributed by atoms with Gasteiger partial charge in [-0.2, -0.15) is 13.2 Å². The van der Waals surface area contributed by atoms with Gasteiger partial charge in [-0.3, -0.25) is 19.4 Å². The zero-order valence-electron chi connectivity index (χ0n) is 22.1. The van der Waals surface area contributed by atoms with E-state index in [1.54, 1.807) is 11.0 Å². The summed E-state index contributed by atoms with van der Waals surface area (Å²) in [5, 5.41) is 3.91. The van der Waals surface area contributed by atoms with Crippen LogP contribution in [0.15, 0.2) is 29.1 Å². The first-order chi connectivity index (χ1) is 19.4.